The Morgan fingerprint density at radius 2 is 1.91 bits per heavy atom. The van der Waals surface area contributed by atoms with E-state index in [1.54, 1.807) is 20.1 Å². The van der Waals surface area contributed by atoms with Gasteiger partial charge in [-0.05, 0) is 49.1 Å². The lowest BCUT2D eigenvalue weighted by Crippen LogP contribution is -2.43. The number of amides is 2. The Balaban J connectivity index is 1.36. The molecule has 0 aliphatic carbocycles. The molecular formula is C23H27N3O6S. The van der Waals surface area contributed by atoms with Crippen molar-refractivity contribution in [1.29, 1.82) is 0 Å². The zero-order valence-electron chi connectivity index (χ0n) is 18.6. The molecule has 4 rings (SSSR count). The first-order valence-corrected chi connectivity index (χ1v) is 12.2. The number of hydrogen-bond acceptors (Lipinski definition) is 6. The Morgan fingerprint density at radius 1 is 1.21 bits per heavy atom. The van der Waals surface area contributed by atoms with E-state index >= 15 is 0 Å². The van der Waals surface area contributed by atoms with Crippen LogP contribution in [0, 0.1) is 12.8 Å². The Morgan fingerprint density at radius 3 is 2.58 bits per heavy atom. The van der Waals surface area contributed by atoms with Crippen LogP contribution in [0.2, 0.25) is 0 Å². The summed E-state index contributed by atoms with van der Waals surface area (Å²) in [6.07, 6.45) is 0.897. The van der Waals surface area contributed by atoms with Gasteiger partial charge in [0.25, 0.3) is 5.91 Å². The SMILES string of the molecule is COc1ccc(CNC(=O)C2CCN(S(=O)(=O)c3cc4c(cc3C)NC(=O)CO4)CC2)cc1. The van der Waals surface area contributed by atoms with E-state index in [4.69, 9.17) is 9.47 Å². The minimum Gasteiger partial charge on any atom is -0.497 e. The molecule has 2 aliphatic heterocycles. The number of benzene rings is 2. The van der Waals surface area contributed by atoms with Crippen LogP contribution in [0.1, 0.15) is 24.0 Å². The Hall–Kier alpha value is -3.11. The number of methoxy groups -OCH3 is 1. The van der Waals surface area contributed by atoms with Gasteiger partial charge in [0, 0.05) is 31.6 Å². The number of piperidine rings is 1. The van der Waals surface area contributed by atoms with Gasteiger partial charge in [0.2, 0.25) is 15.9 Å². The summed E-state index contributed by atoms with van der Waals surface area (Å²) in [5, 5.41) is 5.62. The summed E-state index contributed by atoms with van der Waals surface area (Å²) >= 11 is 0. The number of nitrogens with one attached hydrogen (secondary N) is 2. The lowest BCUT2D eigenvalue weighted by atomic mass is 9.97. The molecule has 0 radical (unpaired) electrons. The zero-order valence-corrected chi connectivity index (χ0v) is 19.4. The highest BCUT2D eigenvalue weighted by Crippen LogP contribution is 2.35. The van der Waals surface area contributed by atoms with Crippen molar-refractivity contribution in [3.05, 3.63) is 47.5 Å². The van der Waals surface area contributed by atoms with E-state index in [1.165, 1.54) is 10.4 Å². The van der Waals surface area contributed by atoms with Gasteiger partial charge in [-0.2, -0.15) is 4.31 Å². The Kier molecular flexibility index (Phi) is 6.57. The molecule has 0 saturated carbocycles. The van der Waals surface area contributed by atoms with Gasteiger partial charge >= 0.3 is 0 Å². The van der Waals surface area contributed by atoms with Crippen LogP contribution >= 0.6 is 0 Å². The van der Waals surface area contributed by atoms with Crippen molar-refractivity contribution < 1.29 is 27.5 Å². The molecule has 10 heteroatoms. The second-order valence-corrected chi connectivity index (χ2v) is 10.1. The summed E-state index contributed by atoms with van der Waals surface area (Å²) in [6, 6.07) is 10.5. The topological polar surface area (TPSA) is 114 Å². The third kappa shape index (κ3) is 4.96. The zero-order chi connectivity index (χ0) is 23.6. The fourth-order valence-corrected chi connectivity index (χ4v) is 5.76. The van der Waals surface area contributed by atoms with Gasteiger partial charge < -0.3 is 20.1 Å². The first-order valence-electron chi connectivity index (χ1n) is 10.8. The van der Waals surface area contributed by atoms with Crippen LogP contribution in [0.4, 0.5) is 5.69 Å². The molecule has 1 saturated heterocycles. The number of carbonyl (C=O) groups excluding carboxylic acids is 2. The Labute approximate surface area is 193 Å². The van der Waals surface area contributed by atoms with Gasteiger partial charge in [-0.15, -0.1) is 0 Å². The van der Waals surface area contributed by atoms with E-state index in [1.807, 2.05) is 24.3 Å². The molecule has 2 N–H and O–H groups in total. The predicted molar refractivity (Wildman–Crippen MR) is 122 cm³/mol. The smallest absolute Gasteiger partial charge is 0.262 e. The molecule has 33 heavy (non-hydrogen) atoms. The van der Waals surface area contributed by atoms with Crippen molar-refractivity contribution in [2.24, 2.45) is 5.92 Å². The van der Waals surface area contributed by atoms with E-state index in [-0.39, 0.29) is 42.3 Å². The normalized spacial score (nSPS) is 17.0. The highest BCUT2D eigenvalue weighted by atomic mass is 32.2. The van der Waals surface area contributed by atoms with Gasteiger partial charge in [0.1, 0.15) is 11.5 Å². The summed E-state index contributed by atoms with van der Waals surface area (Å²) in [7, 11) is -2.15. The average molecular weight is 474 g/mol. The lowest BCUT2D eigenvalue weighted by Gasteiger charge is -2.31. The van der Waals surface area contributed by atoms with Crippen LogP contribution in [0.25, 0.3) is 0 Å². The first-order chi connectivity index (χ1) is 15.8. The van der Waals surface area contributed by atoms with Gasteiger partial charge in [-0.3, -0.25) is 9.59 Å². The number of nitrogens with zero attached hydrogens (tertiary/aromatic N) is 1. The summed E-state index contributed by atoms with van der Waals surface area (Å²) in [4.78, 5) is 24.3. The van der Waals surface area contributed by atoms with Crippen LogP contribution in [-0.2, 0) is 26.2 Å². The number of fused-ring (bicyclic) bond motifs is 1. The maximum Gasteiger partial charge on any atom is 0.262 e. The van der Waals surface area contributed by atoms with E-state index < -0.39 is 10.0 Å². The molecular weight excluding hydrogens is 446 g/mol. The predicted octanol–water partition coefficient (Wildman–Crippen LogP) is 2.05. The monoisotopic (exact) mass is 473 g/mol. The minimum absolute atomic E-state index is 0.0723. The summed E-state index contributed by atoms with van der Waals surface area (Å²) in [5.74, 6) is 0.510. The highest BCUT2D eigenvalue weighted by Gasteiger charge is 2.34. The molecule has 0 spiro atoms. The van der Waals surface area contributed by atoms with Crippen LogP contribution in [0.15, 0.2) is 41.3 Å². The number of ether oxygens (including phenoxy) is 2. The molecule has 2 aromatic rings. The molecule has 2 amide bonds. The van der Waals surface area contributed by atoms with E-state index in [0.717, 1.165) is 11.3 Å². The van der Waals surface area contributed by atoms with Crippen LogP contribution in [0.3, 0.4) is 0 Å². The quantitative estimate of drug-likeness (QED) is 0.664. The first kappa shape index (κ1) is 23.1. The van der Waals surface area contributed by atoms with Gasteiger partial charge in [0.05, 0.1) is 17.7 Å². The fourth-order valence-electron chi connectivity index (χ4n) is 4.07. The maximum absolute atomic E-state index is 13.3. The molecule has 1 fully saturated rings. The molecule has 0 aromatic heterocycles. The number of sulfonamides is 1. The number of carbonyl (C=O) groups is 2. The van der Waals surface area contributed by atoms with Crippen LogP contribution < -0.4 is 20.1 Å². The third-order valence-corrected chi connectivity index (χ3v) is 8.02. The Bertz CT molecular complexity index is 1160. The number of anilines is 1. The second kappa shape index (κ2) is 9.40. The number of aryl methyl sites for hydroxylation is 1. The van der Waals surface area contributed by atoms with Crippen molar-refractivity contribution in [3.8, 4) is 11.5 Å². The van der Waals surface area contributed by atoms with Crippen LogP contribution in [0.5, 0.6) is 11.5 Å². The lowest BCUT2D eigenvalue weighted by molar-refractivity contribution is -0.126. The molecule has 2 heterocycles. The van der Waals surface area contributed by atoms with Crippen LogP contribution in [-0.4, -0.2) is 51.3 Å². The number of rotatable bonds is 6. The van der Waals surface area contributed by atoms with E-state index in [9.17, 15) is 18.0 Å². The molecule has 0 unspecified atom stereocenters. The van der Waals surface area contributed by atoms with Gasteiger partial charge in [-0.1, -0.05) is 12.1 Å². The molecule has 2 aliphatic rings. The van der Waals surface area contributed by atoms with E-state index in [2.05, 4.69) is 10.6 Å². The van der Waals surface area contributed by atoms with Crippen molar-refractivity contribution in [2.75, 3.05) is 32.1 Å². The molecule has 176 valence electrons. The van der Waals surface area contributed by atoms with Crippen molar-refractivity contribution >= 4 is 27.5 Å². The highest BCUT2D eigenvalue weighted by molar-refractivity contribution is 7.89. The van der Waals surface area contributed by atoms with Crippen molar-refractivity contribution in [2.45, 2.75) is 31.2 Å². The van der Waals surface area contributed by atoms with Gasteiger partial charge in [-0.25, -0.2) is 8.42 Å². The molecule has 0 bridgehead atoms. The third-order valence-electron chi connectivity index (χ3n) is 5.98. The molecule has 9 nitrogen and oxygen atoms in total. The largest absolute Gasteiger partial charge is 0.497 e. The summed E-state index contributed by atoms with van der Waals surface area (Å²) in [6.45, 7) is 2.47. The minimum atomic E-state index is -3.75. The second-order valence-electron chi connectivity index (χ2n) is 8.19. The van der Waals surface area contributed by atoms with Crippen molar-refractivity contribution in [1.82, 2.24) is 9.62 Å². The average Bonchev–Trinajstić information content (AvgIpc) is 2.82. The van der Waals surface area contributed by atoms with E-state index in [0.29, 0.717) is 36.4 Å². The summed E-state index contributed by atoms with van der Waals surface area (Å²) < 4.78 is 38.5. The summed E-state index contributed by atoms with van der Waals surface area (Å²) in [5.41, 5.74) is 1.96. The number of hydrogen-bond donors (Lipinski definition) is 2. The molecule has 2 aromatic carbocycles. The van der Waals surface area contributed by atoms with Gasteiger partial charge in [0.15, 0.2) is 6.61 Å². The standard InChI is InChI=1S/C23H27N3O6S/c1-15-11-19-20(32-14-22(27)25-19)12-21(15)33(29,30)26-9-7-17(8-10-26)23(28)24-13-16-3-5-18(31-2)6-4-16/h3-6,11-12,17H,7-10,13-14H2,1-2H3,(H,24,28)(H,25,27). The molecule has 0 atom stereocenters. The maximum atomic E-state index is 13.3. The fraction of sp³-hybridized carbons (Fsp3) is 0.391. The van der Waals surface area contributed by atoms with Crippen molar-refractivity contribution in [3.63, 3.8) is 0 Å².